The number of likely N-dealkylation sites (N-methyl/N-ethyl adjacent to an activating group) is 1. The Hall–Kier alpha value is -0.380. The number of piperidine rings is 1. The van der Waals surface area contributed by atoms with E-state index in [1.165, 1.54) is 5.56 Å². The van der Waals surface area contributed by atoms with Gasteiger partial charge in [-0.2, -0.15) is 11.3 Å². The lowest BCUT2D eigenvalue weighted by Crippen LogP contribution is -2.44. The normalized spacial score (nSPS) is 30.6. The van der Waals surface area contributed by atoms with Crippen LogP contribution in [0.4, 0.5) is 0 Å². The molecule has 2 heterocycles. The molecule has 72 valence electrons. The van der Waals surface area contributed by atoms with E-state index < -0.39 is 0 Å². The Morgan fingerprint density at radius 1 is 1.54 bits per heavy atom. The summed E-state index contributed by atoms with van der Waals surface area (Å²) in [5.41, 5.74) is 7.45. The minimum absolute atomic E-state index is 0.351. The maximum Gasteiger partial charge on any atom is 0.0174 e. The summed E-state index contributed by atoms with van der Waals surface area (Å²) in [5, 5.41) is 4.39. The van der Waals surface area contributed by atoms with Gasteiger partial charge in [-0.1, -0.05) is 0 Å². The van der Waals surface area contributed by atoms with Crippen molar-refractivity contribution in [3.63, 3.8) is 0 Å². The second kappa shape index (κ2) is 3.78. The van der Waals surface area contributed by atoms with Gasteiger partial charge in [0.05, 0.1) is 0 Å². The van der Waals surface area contributed by atoms with Gasteiger partial charge in [-0.15, -0.1) is 0 Å². The lowest BCUT2D eigenvalue weighted by atomic mass is 9.90. The molecule has 0 saturated carbocycles. The summed E-state index contributed by atoms with van der Waals surface area (Å²) in [5.74, 6) is 0.653. The molecule has 2 atom stereocenters. The summed E-state index contributed by atoms with van der Waals surface area (Å²) in [6.45, 7) is 2.20. The highest BCUT2D eigenvalue weighted by atomic mass is 32.1. The Morgan fingerprint density at radius 3 is 3.00 bits per heavy atom. The van der Waals surface area contributed by atoms with E-state index in [4.69, 9.17) is 5.73 Å². The largest absolute Gasteiger partial charge is 0.327 e. The molecule has 2 rings (SSSR count). The molecule has 0 spiro atoms. The second-order valence-corrected chi connectivity index (χ2v) is 4.75. The van der Waals surface area contributed by atoms with Gasteiger partial charge in [-0.25, -0.2) is 0 Å². The molecular weight excluding hydrogens is 180 g/mol. The standard InChI is InChI=1S/C10H16N2S/c1-12-5-9(4-10(11)6-12)8-2-3-13-7-8/h2-3,7,9-10H,4-6,11H2,1H3. The first-order valence-corrected chi connectivity index (χ1v) is 5.66. The van der Waals surface area contributed by atoms with Crippen molar-refractivity contribution in [2.24, 2.45) is 5.73 Å². The fourth-order valence-electron chi connectivity index (χ4n) is 2.11. The number of hydrogen-bond acceptors (Lipinski definition) is 3. The number of likely N-dealkylation sites (tertiary alicyclic amines) is 1. The number of thiophene rings is 1. The van der Waals surface area contributed by atoms with Crippen molar-refractivity contribution in [2.45, 2.75) is 18.4 Å². The van der Waals surface area contributed by atoms with Gasteiger partial charge < -0.3 is 10.6 Å². The van der Waals surface area contributed by atoms with Gasteiger partial charge in [0, 0.05) is 19.1 Å². The summed E-state index contributed by atoms with van der Waals surface area (Å²) < 4.78 is 0. The molecule has 0 radical (unpaired) electrons. The summed E-state index contributed by atoms with van der Waals surface area (Å²) in [6.07, 6.45) is 1.14. The van der Waals surface area contributed by atoms with Crippen molar-refractivity contribution in [3.05, 3.63) is 22.4 Å². The van der Waals surface area contributed by atoms with Crippen molar-refractivity contribution >= 4 is 11.3 Å². The van der Waals surface area contributed by atoms with Gasteiger partial charge in [0.1, 0.15) is 0 Å². The topological polar surface area (TPSA) is 29.3 Å². The van der Waals surface area contributed by atoms with E-state index in [2.05, 4.69) is 28.8 Å². The Balaban J connectivity index is 2.07. The van der Waals surface area contributed by atoms with Crippen LogP contribution >= 0.6 is 11.3 Å². The lowest BCUT2D eigenvalue weighted by Gasteiger charge is -2.33. The van der Waals surface area contributed by atoms with Crippen LogP contribution in [0.3, 0.4) is 0 Å². The fourth-order valence-corrected chi connectivity index (χ4v) is 2.86. The average molecular weight is 196 g/mol. The predicted molar refractivity (Wildman–Crippen MR) is 57.1 cm³/mol. The number of hydrogen-bond donors (Lipinski definition) is 1. The van der Waals surface area contributed by atoms with Crippen LogP contribution in [-0.4, -0.2) is 31.1 Å². The first kappa shape index (κ1) is 9.19. The van der Waals surface area contributed by atoms with Crippen LogP contribution < -0.4 is 5.73 Å². The fraction of sp³-hybridized carbons (Fsp3) is 0.600. The molecule has 1 saturated heterocycles. The van der Waals surface area contributed by atoms with Gasteiger partial charge in [0.15, 0.2) is 0 Å². The highest BCUT2D eigenvalue weighted by Crippen LogP contribution is 2.27. The van der Waals surface area contributed by atoms with Crippen molar-refractivity contribution in [1.82, 2.24) is 4.90 Å². The minimum Gasteiger partial charge on any atom is -0.327 e. The molecule has 2 nitrogen and oxygen atoms in total. The van der Waals surface area contributed by atoms with Crippen LogP contribution in [0.25, 0.3) is 0 Å². The van der Waals surface area contributed by atoms with E-state index in [9.17, 15) is 0 Å². The molecule has 1 aliphatic rings. The van der Waals surface area contributed by atoms with Crippen LogP contribution in [0.15, 0.2) is 16.8 Å². The number of rotatable bonds is 1. The minimum atomic E-state index is 0.351. The maximum atomic E-state index is 5.98. The lowest BCUT2D eigenvalue weighted by molar-refractivity contribution is 0.227. The van der Waals surface area contributed by atoms with Crippen molar-refractivity contribution in [2.75, 3.05) is 20.1 Å². The summed E-state index contributed by atoms with van der Waals surface area (Å²) in [6, 6.07) is 2.57. The van der Waals surface area contributed by atoms with Crippen molar-refractivity contribution in [3.8, 4) is 0 Å². The van der Waals surface area contributed by atoms with Gasteiger partial charge in [-0.05, 0) is 41.8 Å². The van der Waals surface area contributed by atoms with Gasteiger partial charge >= 0.3 is 0 Å². The molecular formula is C10H16N2S. The third-order valence-corrected chi connectivity index (χ3v) is 3.38. The smallest absolute Gasteiger partial charge is 0.0174 e. The monoisotopic (exact) mass is 196 g/mol. The summed E-state index contributed by atoms with van der Waals surface area (Å²) in [7, 11) is 2.15. The summed E-state index contributed by atoms with van der Waals surface area (Å²) in [4.78, 5) is 2.33. The Morgan fingerprint density at radius 2 is 2.38 bits per heavy atom. The SMILES string of the molecule is CN1CC(N)CC(c2ccsc2)C1. The first-order chi connectivity index (χ1) is 6.25. The molecule has 13 heavy (non-hydrogen) atoms. The second-order valence-electron chi connectivity index (χ2n) is 3.97. The Labute approximate surface area is 83.4 Å². The maximum absolute atomic E-state index is 5.98. The molecule has 2 unspecified atom stereocenters. The van der Waals surface area contributed by atoms with Gasteiger partial charge in [0.25, 0.3) is 0 Å². The first-order valence-electron chi connectivity index (χ1n) is 4.72. The zero-order valence-corrected chi connectivity index (χ0v) is 8.76. The van der Waals surface area contributed by atoms with Gasteiger partial charge in [-0.3, -0.25) is 0 Å². The van der Waals surface area contributed by atoms with Crippen LogP contribution in [0.2, 0.25) is 0 Å². The third-order valence-electron chi connectivity index (χ3n) is 2.68. The molecule has 0 amide bonds. The van der Waals surface area contributed by atoms with Crippen LogP contribution in [0.5, 0.6) is 0 Å². The molecule has 0 aromatic carbocycles. The van der Waals surface area contributed by atoms with E-state index >= 15 is 0 Å². The Bertz CT molecular complexity index is 248. The zero-order valence-electron chi connectivity index (χ0n) is 7.94. The molecule has 1 fully saturated rings. The van der Waals surface area contributed by atoms with E-state index in [0.717, 1.165) is 19.5 Å². The van der Waals surface area contributed by atoms with Crippen molar-refractivity contribution in [1.29, 1.82) is 0 Å². The van der Waals surface area contributed by atoms with Crippen LogP contribution in [-0.2, 0) is 0 Å². The zero-order chi connectivity index (χ0) is 9.26. The predicted octanol–water partition coefficient (Wildman–Crippen LogP) is 1.49. The van der Waals surface area contributed by atoms with Crippen LogP contribution in [0, 0.1) is 0 Å². The van der Waals surface area contributed by atoms with Crippen LogP contribution in [0.1, 0.15) is 17.9 Å². The molecule has 1 aliphatic heterocycles. The number of nitrogens with two attached hydrogens (primary N) is 1. The Kier molecular flexibility index (Phi) is 2.67. The molecule has 0 aliphatic carbocycles. The van der Waals surface area contributed by atoms with Gasteiger partial charge in [0.2, 0.25) is 0 Å². The highest BCUT2D eigenvalue weighted by Gasteiger charge is 2.23. The highest BCUT2D eigenvalue weighted by molar-refractivity contribution is 7.07. The van der Waals surface area contributed by atoms with E-state index in [1.807, 2.05) is 0 Å². The van der Waals surface area contributed by atoms with E-state index in [1.54, 1.807) is 11.3 Å². The molecule has 1 aromatic rings. The van der Waals surface area contributed by atoms with E-state index in [-0.39, 0.29) is 0 Å². The molecule has 0 bridgehead atoms. The third kappa shape index (κ3) is 2.10. The van der Waals surface area contributed by atoms with E-state index in [0.29, 0.717) is 12.0 Å². The van der Waals surface area contributed by atoms with Crippen molar-refractivity contribution < 1.29 is 0 Å². The average Bonchev–Trinajstić information content (AvgIpc) is 2.53. The molecule has 2 N–H and O–H groups in total. The molecule has 1 aromatic heterocycles. The summed E-state index contributed by atoms with van der Waals surface area (Å²) >= 11 is 1.78. The quantitative estimate of drug-likeness (QED) is 0.737. The molecule has 3 heteroatoms. The number of nitrogens with zero attached hydrogens (tertiary/aromatic N) is 1.